The van der Waals surface area contributed by atoms with E-state index < -0.39 is 5.60 Å². The number of hydrogen-bond acceptors (Lipinski definition) is 2. The zero-order chi connectivity index (χ0) is 21.0. The third-order valence-electron chi connectivity index (χ3n) is 5.44. The standard InChI is InChI=1S/C28H25NO/c1-21-13-12-14-22(2)26(21)29-27(23-15-6-3-7-16-23)28(30,24-17-8-4-9-18-24)25-19-10-5-11-20-25/h3-20,30H,1-2H3. The first-order valence-electron chi connectivity index (χ1n) is 10.1. The van der Waals surface area contributed by atoms with Gasteiger partial charge in [0.1, 0.15) is 0 Å². The van der Waals surface area contributed by atoms with Gasteiger partial charge in [-0.2, -0.15) is 0 Å². The minimum Gasteiger partial charge on any atom is -0.374 e. The average Bonchev–Trinajstić information content (AvgIpc) is 2.80. The van der Waals surface area contributed by atoms with Crippen molar-refractivity contribution in [2.45, 2.75) is 19.4 Å². The Hall–Kier alpha value is -3.49. The number of aliphatic hydroxyl groups is 1. The lowest BCUT2D eigenvalue weighted by molar-refractivity contribution is 0.156. The number of para-hydroxylation sites is 1. The number of hydrogen-bond donors (Lipinski definition) is 1. The van der Waals surface area contributed by atoms with E-state index in [1.54, 1.807) is 0 Å². The summed E-state index contributed by atoms with van der Waals surface area (Å²) in [6.07, 6.45) is 0. The van der Waals surface area contributed by atoms with Gasteiger partial charge in [0.2, 0.25) is 0 Å². The minimum absolute atomic E-state index is 0.609. The van der Waals surface area contributed by atoms with Gasteiger partial charge in [0.05, 0.1) is 11.4 Å². The van der Waals surface area contributed by atoms with Gasteiger partial charge in [0, 0.05) is 0 Å². The Morgan fingerprint density at radius 2 is 1.03 bits per heavy atom. The second-order valence-electron chi connectivity index (χ2n) is 7.51. The number of nitrogens with zero attached hydrogens (tertiary/aromatic N) is 1. The molecule has 4 aromatic rings. The molecule has 0 heterocycles. The van der Waals surface area contributed by atoms with Crippen molar-refractivity contribution in [3.05, 3.63) is 137 Å². The maximum Gasteiger partial charge on any atom is 0.157 e. The van der Waals surface area contributed by atoms with Crippen LogP contribution in [0.3, 0.4) is 0 Å². The molecule has 4 rings (SSSR count). The van der Waals surface area contributed by atoms with Crippen LogP contribution < -0.4 is 0 Å². The minimum atomic E-state index is -1.40. The normalized spacial score (nSPS) is 12.0. The van der Waals surface area contributed by atoms with Gasteiger partial charge in [-0.1, -0.05) is 109 Å². The molecule has 2 nitrogen and oxygen atoms in total. The average molecular weight is 392 g/mol. The van der Waals surface area contributed by atoms with Gasteiger partial charge < -0.3 is 5.11 Å². The summed E-state index contributed by atoms with van der Waals surface area (Å²) < 4.78 is 0. The van der Waals surface area contributed by atoms with Gasteiger partial charge >= 0.3 is 0 Å². The molecule has 0 aromatic heterocycles. The summed E-state index contributed by atoms with van der Waals surface area (Å²) in [5.41, 5.74) is 4.70. The van der Waals surface area contributed by atoms with Gasteiger partial charge in [-0.15, -0.1) is 0 Å². The fraction of sp³-hybridized carbons (Fsp3) is 0.107. The molecular formula is C28H25NO. The lowest BCUT2D eigenvalue weighted by Crippen LogP contribution is -2.37. The number of aliphatic imine (C=N–C) groups is 1. The lowest BCUT2D eigenvalue weighted by Gasteiger charge is -2.31. The summed E-state index contributed by atoms with van der Waals surface area (Å²) in [4.78, 5) is 5.12. The first-order valence-corrected chi connectivity index (χ1v) is 10.1. The number of rotatable bonds is 5. The predicted molar refractivity (Wildman–Crippen MR) is 124 cm³/mol. The molecule has 0 aliphatic rings. The molecule has 1 N–H and O–H groups in total. The van der Waals surface area contributed by atoms with Gasteiger partial charge in [-0.25, -0.2) is 4.99 Å². The van der Waals surface area contributed by atoms with Crippen LogP contribution in [0, 0.1) is 13.8 Å². The number of aryl methyl sites for hydroxylation is 2. The Morgan fingerprint density at radius 3 is 1.50 bits per heavy atom. The maximum atomic E-state index is 12.4. The summed E-state index contributed by atoms with van der Waals surface area (Å²) >= 11 is 0. The van der Waals surface area contributed by atoms with E-state index in [4.69, 9.17) is 4.99 Å². The van der Waals surface area contributed by atoms with Crippen LogP contribution in [-0.4, -0.2) is 10.8 Å². The van der Waals surface area contributed by atoms with Gasteiger partial charge in [-0.3, -0.25) is 0 Å². The van der Waals surface area contributed by atoms with Crippen molar-refractivity contribution >= 4 is 11.4 Å². The van der Waals surface area contributed by atoms with E-state index in [1.165, 1.54) is 0 Å². The Kier molecular flexibility index (Phi) is 5.60. The molecule has 0 bridgehead atoms. The van der Waals surface area contributed by atoms with Crippen LogP contribution >= 0.6 is 0 Å². The highest BCUT2D eigenvalue weighted by molar-refractivity contribution is 6.10. The molecule has 0 amide bonds. The monoisotopic (exact) mass is 391 g/mol. The molecule has 0 aliphatic carbocycles. The highest BCUT2D eigenvalue weighted by atomic mass is 16.3. The van der Waals surface area contributed by atoms with E-state index in [9.17, 15) is 5.11 Å². The number of benzene rings is 4. The summed E-state index contributed by atoms with van der Waals surface area (Å²) in [5, 5.41) is 12.4. The molecule has 0 fully saturated rings. The molecule has 2 heteroatoms. The third kappa shape index (κ3) is 3.70. The quantitative estimate of drug-likeness (QED) is 0.394. The van der Waals surface area contributed by atoms with Crippen molar-refractivity contribution in [2.24, 2.45) is 4.99 Å². The zero-order valence-electron chi connectivity index (χ0n) is 17.3. The van der Waals surface area contributed by atoms with Crippen LogP contribution in [0.25, 0.3) is 0 Å². The van der Waals surface area contributed by atoms with Crippen molar-refractivity contribution in [2.75, 3.05) is 0 Å². The van der Waals surface area contributed by atoms with E-state index >= 15 is 0 Å². The molecule has 30 heavy (non-hydrogen) atoms. The molecule has 0 radical (unpaired) electrons. The second-order valence-corrected chi connectivity index (χ2v) is 7.51. The van der Waals surface area contributed by atoms with E-state index in [0.29, 0.717) is 5.71 Å². The van der Waals surface area contributed by atoms with Crippen LogP contribution in [0.5, 0.6) is 0 Å². The van der Waals surface area contributed by atoms with Gasteiger partial charge in [0.15, 0.2) is 5.60 Å². The van der Waals surface area contributed by atoms with E-state index in [1.807, 2.05) is 97.1 Å². The van der Waals surface area contributed by atoms with Crippen molar-refractivity contribution in [1.82, 2.24) is 0 Å². The highest BCUT2D eigenvalue weighted by Crippen LogP contribution is 2.36. The van der Waals surface area contributed by atoms with Crippen molar-refractivity contribution in [3.63, 3.8) is 0 Å². The van der Waals surface area contributed by atoms with Crippen LogP contribution in [0.1, 0.15) is 27.8 Å². The van der Waals surface area contributed by atoms with Gasteiger partial charge in [-0.05, 0) is 41.7 Å². The summed E-state index contributed by atoms with van der Waals surface area (Å²) in [5.74, 6) is 0. The molecule has 0 unspecified atom stereocenters. The Morgan fingerprint density at radius 1 is 0.600 bits per heavy atom. The van der Waals surface area contributed by atoms with Gasteiger partial charge in [0.25, 0.3) is 0 Å². The summed E-state index contributed by atoms with van der Waals surface area (Å²) in [7, 11) is 0. The molecule has 0 atom stereocenters. The SMILES string of the molecule is Cc1cccc(C)c1N=C(c1ccccc1)C(O)(c1ccccc1)c1ccccc1. The molecule has 0 spiro atoms. The molecule has 0 saturated heterocycles. The Balaban J connectivity index is 2.06. The lowest BCUT2D eigenvalue weighted by atomic mass is 9.79. The molecule has 0 aliphatic heterocycles. The second kappa shape index (κ2) is 8.48. The zero-order valence-corrected chi connectivity index (χ0v) is 17.3. The highest BCUT2D eigenvalue weighted by Gasteiger charge is 2.38. The first kappa shape index (κ1) is 19.8. The van der Waals surface area contributed by atoms with E-state index in [-0.39, 0.29) is 0 Å². The molecule has 148 valence electrons. The van der Waals surface area contributed by atoms with Crippen LogP contribution in [0.15, 0.2) is 114 Å². The Bertz CT molecular complexity index is 1090. The van der Waals surface area contributed by atoms with Crippen molar-refractivity contribution in [3.8, 4) is 0 Å². The van der Waals surface area contributed by atoms with Crippen molar-refractivity contribution in [1.29, 1.82) is 0 Å². The van der Waals surface area contributed by atoms with Crippen LogP contribution in [0.4, 0.5) is 5.69 Å². The molecule has 4 aromatic carbocycles. The topological polar surface area (TPSA) is 32.6 Å². The first-order chi connectivity index (χ1) is 14.6. The molecule has 0 saturated carbocycles. The van der Waals surface area contributed by atoms with Crippen molar-refractivity contribution < 1.29 is 5.11 Å². The van der Waals surface area contributed by atoms with Crippen LogP contribution in [0.2, 0.25) is 0 Å². The largest absolute Gasteiger partial charge is 0.374 e. The van der Waals surface area contributed by atoms with Crippen LogP contribution in [-0.2, 0) is 5.60 Å². The predicted octanol–water partition coefficient (Wildman–Crippen LogP) is 6.36. The summed E-state index contributed by atoms with van der Waals surface area (Å²) in [6, 6.07) is 35.6. The fourth-order valence-corrected chi connectivity index (χ4v) is 3.84. The van der Waals surface area contributed by atoms with E-state index in [0.717, 1.165) is 33.5 Å². The Labute approximate surface area is 178 Å². The van der Waals surface area contributed by atoms with E-state index in [2.05, 4.69) is 26.0 Å². The third-order valence-corrected chi connectivity index (χ3v) is 5.44. The summed E-state index contributed by atoms with van der Waals surface area (Å²) in [6.45, 7) is 4.11. The fourth-order valence-electron chi connectivity index (χ4n) is 3.84. The smallest absolute Gasteiger partial charge is 0.157 e. The molecular weight excluding hydrogens is 366 g/mol. The maximum absolute atomic E-state index is 12.4.